The van der Waals surface area contributed by atoms with Crippen molar-refractivity contribution in [3.8, 4) is 0 Å². The van der Waals surface area contributed by atoms with Crippen molar-refractivity contribution in [1.29, 1.82) is 0 Å². The Kier molecular flexibility index (Phi) is 8.59. The zero-order valence-electron chi connectivity index (χ0n) is 16.6. The fraction of sp³-hybridized carbons (Fsp3) is 0.316. The number of carbonyl (C=O) groups excluding carboxylic acids is 1. The first kappa shape index (κ1) is 25.2. The average Bonchev–Trinajstić information content (AvgIpc) is 2.68. The maximum Gasteiger partial charge on any atom is 0.405 e. The molecule has 0 fully saturated rings. The Morgan fingerprint density at radius 2 is 1.83 bits per heavy atom. The first-order valence-electron chi connectivity index (χ1n) is 8.73. The molecule has 0 radical (unpaired) electrons. The second kappa shape index (κ2) is 10.2. The van der Waals surface area contributed by atoms with E-state index in [1.165, 1.54) is 37.1 Å². The van der Waals surface area contributed by atoms with Crippen LogP contribution in [0.1, 0.15) is 29.8 Å². The van der Waals surface area contributed by atoms with Crippen LogP contribution in [0.15, 0.2) is 30.3 Å². The predicted molar refractivity (Wildman–Crippen MR) is 107 cm³/mol. The molecule has 0 unspecified atom stereocenters. The number of nitro benzene ring substituents is 1. The first-order valence-corrected chi connectivity index (χ1v) is 9.11. The Morgan fingerprint density at radius 3 is 2.33 bits per heavy atom. The lowest BCUT2D eigenvalue weighted by Crippen LogP contribution is -2.34. The summed E-state index contributed by atoms with van der Waals surface area (Å²) in [5.41, 5.74) is -0.168. The summed E-state index contributed by atoms with van der Waals surface area (Å²) in [5.74, 6) is -1.82. The van der Waals surface area contributed by atoms with Gasteiger partial charge in [-0.15, -0.1) is 0 Å². The van der Waals surface area contributed by atoms with Gasteiger partial charge in [-0.3, -0.25) is 14.9 Å². The van der Waals surface area contributed by atoms with Crippen molar-refractivity contribution >= 4 is 34.6 Å². The number of rotatable bonds is 5. The molecule has 0 aromatic heterocycles. The minimum Gasteiger partial charge on any atom is -0.344 e. The molecule has 1 N–H and O–H groups in total. The van der Waals surface area contributed by atoms with E-state index < -0.39 is 35.1 Å². The number of hydrogen-bond donors (Lipinski definition) is 1. The molecule has 0 saturated carbocycles. The monoisotopic (exact) mass is 449 g/mol. The number of halogens is 5. The number of hydrogen-bond acceptors (Lipinski definition) is 4. The number of nitrogens with one attached hydrogen (secondary N) is 1. The van der Waals surface area contributed by atoms with Crippen LogP contribution in [0.3, 0.4) is 0 Å². The van der Waals surface area contributed by atoms with Crippen LogP contribution < -0.4 is 10.2 Å². The van der Waals surface area contributed by atoms with Crippen molar-refractivity contribution in [3.05, 3.63) is 62.4 Å². The minimum atomic E-state index is -4.65. The van der Waals surface area contributed by atoms with Gasteiger partial charge in [0.05, 0.1) is 21.2 Å². The van der Waals surface area contributed by atoms with E-state index in [1.54, 1.807) is 5.32 Å². The maximum atomic E-state index is 13.4. The van der Waals surface area contributed by atoms with Gasteiger partial charge in [-0.05, 0) is 31.2 Å². The first-order chi connectivity index (χ1) is 13.9. The highest BCUT2D eigenvalue weighted by atomic mass is 35.5. The van der Waals surface area contributed by atoms with E-state index >= 15 is 0 Å². The van der Waals surface area contributed by atoms with Crippen LogP contribution in [0.25, 0.3) is 0 Å². The molecule has 0 saturated heterocycles. The number of amides is 1. The lowest BCUT2D eigenvalue weighted by atomic mass is 10.0. The topological polar surface area (TPSA) is 75.5 Å². The summed E-state index contributed by atoms with van der Waals surface area (Å²) in [7, 11) is 1.46. The number of benzene rings is 2. The largest absolute Gasteiger partial charge is 0.405 e. The number of alkyl halides is 3. The third-order valence-corrected chi connectivity index (χ3v) is 4.15. The zero-order chi connectivity index (χ0) is 23.2. The SMILES string of the molecule is CC.Cc1cc(N(C)c2ccc(F)c(Cl)c2)c(C(=O)NCC(F)(F)F)cc1[N+](=O)[O-]. The smallest absolute Gasteiger partial charge is 0.344 e. The van der Waals surface area contributed by atoms with Gasteiger partial charge in [-0.2, -0.15) is 13.2 Å². The van der Waals surface area contributed by atoms with Crippen molar-refractivity contribution in [2.75, 3.05) is 18.5 Å². The quantitative estimate of drug-likeness (QED) is 0.356. The van der Waals surface area contributed by atoms with Crippen molar-refractivity contribution in [1.82, 2.24) is 5.32 Å². The molecule has 0 heterocycles. The van der Waals surface area contributed by atoms with Gasteiger partial charge in [-0.25, -0.2) is 4.39 Å². The second-order valence-corrected chi connectivity index (χ2v) is 6.28. The summed E-state index contributed by atoms with van der Waals surface area (Å²) in [6.07, 6.45) is -4.65. The highest BCUT2D eigenvalue weighted by molar-refractivity contribution is 6.31. The van der Waals surface area contributed by atoms with Crippen molar-refractivity contribution < 1.29 is 27.3 Å². The van der Waals surface area contributed by atoms with Gasteiger partial charge in [0.2, 0.25) is 0 Å². The van der Waals surface area contributed by atoms with E-state index in [9.17, 15) is 32.5 Å². The third kappa shape index (κ3) is 6.31. The number of nitrogens with zero attached hydrogens (tertiary/aromatic N) is 2. The summed E-state index contributed by atoms with van der Waals surface area (Å²) in [5, 5.41) is 12.7. The second-order valence-electron chi connectivity index (χ2n) is 5.87. The standard InChI is InChI=1S/C17H14ClF4N3O3.C2H6/c1-9-5-15(24(2)10-3-4-13(19)12(18)6-10)11(7-14(9)25(27)28)16(26)23-8-17(20,21)22;1-2/h3-7H,8H2,1-2H3,(H,23,26);1-2H3. The van der Waals surface area contributed by atoms with E-state index in [1.807, 2.05) is 13.8 Å². The Labute approximate surface area is 175 Å². The number of anilines is 2. The molecule has 0 spiro atoms. The summed E-state index contributed by atoms with van der Waals surface area (Å²) in [6.45, 7) is 3.82. The molecule has 0 bridgehead atoms. The molecular formula is C19H20ClF4N3O3. The summed E-state index contributed by atoms with van der Waals surface area (Å²) in [4.78, 5) is 24.1. The van der Waals surface area contributed by atoms with E-state index in [0.717, 1.165) is 12.1 Å². The predicted octanol–water partition coefficient (Wildman–Crippen LogP) is 5.78. The average molecular weight is 450 g/mol. The number of carbonyl (C=O) groups is 1. The van der Waals surface area contributed by atoms with Gasteiger partial charge in [0.15, 0.2) is 0 Å². The maximum absolute atomic E-state index is 13.4. The van der Waals surface area contributed by atoms with Crippen LogP contribution in [-0.2, 0) is 0 Å². The molecule has 164 valence electrons. The van der Waals surface area contributed by atoms with Crippen molar-refractivity contribution in [3.63, 3.8) is 0 Å². The van der Waals surface area contributed by atoms with Gasteiger partial charge in [0, 0.05) is 24.4 Å². The fourth-order valence-corrected chi connectivity index (χ4v) is 2.62. The molecule has 0 aliphatic carbocycles. The molecule has 2 aromatic carbocycles. The summed E-state index contributed by atoms with van der Waals surface area (Å²) in [6, 6.07) is 5.87. The minimum absolute atomic E-state index is 0.0884. The van der Waals surface area contributed by atoms with Crippen LogP contribution in [-0.4, -0.2) is 30.6 Å². The number of aryl methyl sites for hydroxylation is 1. The lowest BCUT2D eigenvalue weighted by Gasteiger charge is -2.23. The van der Waals surface area contributed by atoms with Crippen molar-refractivity contribution in [2.45, 2.75) is 26.9 Å². The lowest BCUT2D eigenvalue weighted by molar-refractivity contribution is -0.385. The molecule has 1 amide bonds. The molecule has 0 atom stereocenters. The Bertz CT molecular complexity index is 936. The fourth-order valence-electron chi connectivity index (χ4n) is 2.45. The third-order valence-electron chi connectivity index (χ3n) is 3.86. The normalized spacial score (nSPS) is 10.7. The molecule has 2 rings (SSSR count). The van der Waals surface area contributed by atoms with Crippen LogP contribution in [0.5, 0.6) is 0 Å². The highest BCUT2D eigenvalue weighted by Gasteiger charge is 2.29. The number of nitro groups is 1. The summed E-state index contributed by atoms with van der Waals surface area (Å²) >= 11 is 5.75. The molecule has 30 heavy (non-hydrogen) atoms. The van der Waals surface area contributed by atoms with Gasteiger partial charge in [0.25, 0.3) is 11.6 Å². The van der Waals surface area contributed by atoms with Crippen LogP contribution >= 0.6 is 11.6 Å². The highest BCUT2D eigenvalue weighted by Crippen LogP contribution is 2.34. The van der Waals surface area contributed by atoms with E-state index in [4.69, 9.17) is 11.6 Å². The van der Waals surface area contributed by atoms with Crippen LogP contribution in [0, 0.1) is 22.9 Å². The van der Waals surface area contributed by atoms with Gasteiger partial charge in [0.1, 0.15) is 12.4 Å². The Balaban J connectivity index is 0.00000218. The van der Waals surface area contributed by atoms with Gasteiger partial charge < -0.3 is 10.2 Å². The Hall–Kier alpha value is -2.88. The van der Waals surface area contributed by atoms with Gasteiger partial charge in [-0.1, -0.05) is 25.4 Å². The van der Waals surface area contributed by atoms with E-state index in [2.05, 4.69) is 0 Å². The van der Waals surface area contributed by atoms with Gasteiger partial charge >= 0.3 is 6.18 Å². The van der Waals surface area contributed by atoms with Crippen molar-refractivity contribution in [2.24, 2.45) is 0 Å². The molecular weight excluding hydrogens is 430 g/mol. The van der Waals surface area contributed by atoms with E-state index in [-0.39, 0.29) is 21.8 Å². The molecule has 0 aliphatic rings. The van der Waals surface area contributed by atoms with E-state index in [0.29, 0.717) is 5.69 Å². The molecule has 11 heteroatoms. The molecule has 6 nitrogen and oxygen atoms in total. The zero-order valence-corrected chi connectivity index (χ0v) is 17.4. The summed E-state index contributed by atoms with van der Waals surface area (Å²) < 4.78 is 50.7. The van der Waals surface area contributed by atoms with Crippen LogP contribution in [0.2, 0.25) is 5.02 Å². The Morgan fingerprint density at radius 1 is 1.23 bits per heavy atom. The van der Waals surface area contributed by atoms with Crippen LogP contribution in [0.4, 0.5) is 34.6 Å². The molecule has 2 aromatic rings. The molecule has 0 aliphatic heterocycles.